The van der Waals surface area contributed by atoms with Gasteiger partial charge in [0, 0.05) is 16.8 Å². The second-order valence-corrected chi connectivity index (χ2v) is 7.50. The van der Waals surface area contributed by atoms with Gasteiger partial charge in [0.05, 0.1) is 4.47 Å². The molecule has 1 aromatic heterocycles. The standard InChI is InChI=1S/C17H19BrFNS/c1-20-16(10-11-5-6-15(19)14(18)9-11)12-3-2-4-17-13(12)7-8-21-17/h5-9,12,16,20H,2-4,10H2,1H3. The van der Waals surface area contributed by atoms with Crippen molar-refractivity contribution < 1.29 is 4.39 Å². The molecule has 2 unspecified atom stereocenters. The molecule has 112 valence electrons. The molecular weight excluding hydrogens is 349 g/mol. The van der Waals surface area contributed by atoms with Gasteiger partial charge in [-0.05, 0) is 83.4 Å². The Morgan fingerprint density at radius 2 is 2.29 bits per heavy atom. The molecule has 2 aromatic rings. The Labute approximate surface area is 137 Å². The van der Waals surface area contributed by atoms with Crippen molar-refractivity contribution >= 4 is 27.3 Å². The van der Waals surface area contributed by atoms with Crippen LogP contribution in [-0.4, -0.2) is 13.1 Å². The second-order valence-electron chi connectivity index (χ2n) is 5.65. The van der Waals surface area contributed by atoms with Crippen molar-refractivity contribution in [2.45, 2.75) is 37.6 Å². The summed E-state index contributed by atoms with van der Waals surface area (Å²) in [5.41, 5.74) is 2.69. The number of fused-ring (bicyclic) bond motifs is 1. The van der Waals surface area contributed by atoms with Crippen molar-refractivity contribution in [3.63, 3.8) is 0 Å². The van der Waals surface area contributed by atoms with Gasteiger partial charge in [-0.15, -0.1) is 11.3 Å². The molecular formula is C17H19BrFNS. The lowest BCUT2D eigenvalue weighted by atomic mass is 9.80. The Kier molecular flexibility index (Phi) is 4.77. The summed E-state index contributed by atoms with van der Waals surface area (Å²) in [5.74, 6) is 0.367. The van der Waals surface area contributed by atoms with Crippen molar-refractivity contribution in [2.24, 2.45) is 0 Å². The second kappa shape index (κ2) is 6.59. The van der Waals surface area contributed by atoms with Crippen LogP contribution < -0.4 is 5.32 Å². The van der Waals surface area contributed by atoms with Crippen LogP contribution in [0.5, 0.6) is 0 Å². The highest BCUT2D eigenvalue weighted by molar-refractivity contribution is 9.10. The van der Waals surface area contributed by atoms with Gasteiger partial charge in [-0.1, -0.05) is 6.07 Å². The summed E-state index contributed by atoms with van der Waals surface area (Å²) < 4.78 is 13.9. The number of halogens is 2. The lowest BCUT2D eigenvalue weighted by Gasteiger charge is -2.30. The third kappa shape index (κ3) is 3.22. The smallest absolute Gasteiger partial charge is 0.137 e. The number of likely N-dealkylation sites (N-methyl/N-ethyl adjacent to an activating group) is 1. The molecule has 4 heteroatoms. The Morgan fingerprint density at radius 3 is 3.05 bits per heavy atom. The van der Waals surface area contributed by atoms with Crippen molar-refractivity contribution in [1.29, 1.82) is 0 Å². The fourth-order valence-electron chi connectivity index (χ4n) is 3.31. The first-order valence-electron chi connectivity index (χ1n) is 7.36. The molecule has 0 saturated carbocycles. The van der Waals surface area contributed by atoms with Crippen LogP contribution >= 0.6 is 27.3 Å². The van der Waals surface area contributed by atoms with Gasteiger partial charge >= 0.3 is 0 Å². The van der Waals surface area contributed by atoms with Crippen LogP contribution in [0.25, 0.3) is 0 Å². The summed E-state index contributed by atoms with van der Waals surface area (Å²) in [6.45, 7) is 0. The van der Waals surface area contributed by atoms with E-state index in [1.807, 2.05) is 30.5 Å². The predicted octanol–water partition coefficient (Wildman–Crippen LogP) is 4.90. The van der Waals surface area contributed by atoms with E-state index in [1.54, 1.807) is 10.9 Å². The average Bonchev–Trinajstić information content (AvgIpc) is 2.97. The molecule has 0 saturated heterocycles. The van der Waals surface area contributed by atoms with Gasteiger partial charge in [0.25, 0.3) is 0 Å². The number of aryl methyl sites for hydroxylation is 1. The maximum absolute atomic E-state index is 13.4. The van der Waals surface area contributed by atoms with Crippen molar-refractivity contribution in [1.82, 2.24) is 5.32 Å². The molecule has 1 aliphatic rings. The van der Waals surface area contributed by atoms with Crippen LogP contribution in [0, 0.1) is 5.82 Å². The van der Waals surface area contributed by atoms with Crippen LogP contribution in [-0.2, 0) is 12.8 Å². The molecule has 1 heterocycles. The lowest BCUT2D eigenvalue weighted by molar-refractivity contribution is 0.413. The first-order chi connectivity index (χ1) is 10.2. The van der Waals surface area contributed by atoms with Gasteiger partial charge in [-0.25, -0.2) is 4.39 Å². The lowest BCUT2D eigenvalue weighted by Crippen LogP contribution is -2.35. The van der Waals surface area contributed by atoms with Crippen molar-refractivity contribution in [3.05, 3.63) is 55.9 Å². The molecule has 21 heavy (non-hydrogen) atoms. The first-order valence-corrected chi connectivity index (χ1v) is 9.03. The highest BCUT2D eigenvalue weighted by Crippen LogP contribution is 2.37. The topological polar surface area (TPSA) is 12.0 Å². The van der Waals surface area contributed by atoms with Gasteiger partial charge in [0.15, 0.2) is 0 Å². The number of hydrogen-bond acceptors (Lipinski definition) is 2. The van der Waals surface area contributed by atoms with Crippen LogP contribution in [0.4, 0.5) is 4.39 Å². The third-order valence-corrected chi connectivity index (χ3v) is 6.00. The number of benzene rings is 1. The third-order valence-electron chi connectivity index (χ3n) is 4.39. The highest BCUT2D eigenvalue weighted by Gasteiger charge is 2.27. The minimum absolute atomic E-state index is 0.197. The van der Waals surface area contributed by atoms with Crippen molar-refractivity contribution in [3.8, 4) is 0 Å². The van der Waals surface area contributed by atoms with E-state index in [1.165, 1.54) is 30.4 Å². The Morgan fingerprint density at radius 1 is 1.43 bits per heavy atom. The molecule has 3 rings (SSSR count). The van der Waals surface area contributed by atoms with E-state index in [2.05, 4.69) is 32.7 Å². The van der Waals surface area contributed by atoms with E-state index in [9.17, 15) is 4.39 Å². The Bertz CT molecular complexity index is 625. The quantitative estimate of drug-likeness (QED) is 0.809. The van der Waals surface area contributed by atoms with E-state index in [-0.39, 0.29) is 5.82 Å². The maximum atomic E-state index is 13.4. The molecule has 1 nitrogen and oxygen atoms in total. The van der Waals surface area contributed by atoms with Gasteiger partial charge < -0.3 is 5.32 Å². The van der Waals surface area contributed by atoms with Crippen LogP contribution in [0.15, 0.2) is 34.1 Å². The van der Waals surface area contributed by atoms with E-state index >= 15 is 0 Å². The summed E-state index contributed by atoms with van der Waals surface area (Å²) in [6.07, 6.45) is 4.65. The zero-order valence-corrected chi connectivity index (χ0v) is 14.4. The first kappa shape index (κ1) is 15.2. The Hall–Kier alpha value is -0.710. The fraction of sp³-hybridized carbons (Fsp3) is 0.412. The number of thiophene rings is 1. The minimum atomic E-state index is -0.197. The number of hydrogen-bond donors (Lipinski definition) is 1. The maximum Gasteiger partial charge on any atom is 0.137 e. The van der Waals surface area contributed by atoms with Gasteiger partial charge in [0.1, 0.15) is 5.82 Å². The minimum Gasteiger partial charge on any atom is -0.316 e. The van der Waals surface area contributed by atoms with Crippen LogP contribution in [0.2, 0.25) is 0 Å². The molecule has 0 fully saturated rings. The molecule has 0 bridgehead atoms. The number of rotatable bonds is 4. The zero-order valence-electron chi connectivity index (χ0n) is 12.0. The number of nitrogens with one attached hydrogen (secondary N) is 1. The Balaban J connectivity index is 1.81. The summed E-state index contributed by atoms with van der Waals surface area (Å²) in [6, 6.07) is 8.02. The summed E-state index contributed by atoms with van der Waals surface area (Å²) in [7, 11) is 2.03. The molecule has 0 spiro atoms. The molecule has 1 N–H and O–H groups in total. The molecule has 0 aliphatic heterocycles. The van der Waals surface area contributed by atoms with E-state index < -0.39 is 0 Å². The van der Waals surface area contributed by atoms with E-state index in [0.29, 0.717) is 16.4 Å². The molecule has 1 aromatic carbocycles. The zero-order chi connectivity index (χ0) is 14.8. The molecule has 2 atom stereocenters. The van der Waals surface area contributed by atoms with Crippen LogP contribution in [0.1, 0.15) is 34.8 Å². The normalized spacial score (nSPS) is 19.3. The van der Waals surface area contributed by atoms with Crippen molar-refractivity contribution in [2.75, 3.05) is 7.05 Å². The van der Waals surface area contributed by atoms with Crippen LogP contribution in [0.3, 0.4) is 0 Å². The summed E-state index contributed by atoms with van der Waals surface area (Å²) in [4.78, 5) is 1.55. The molecule has 0 radical (unpaired) electrons. The average molecular weight is 368 g/mol. The fourth-order valence-corrected chi connectivity index (χ4v) is 4.73. The predicted molar refractivity (Wildman–Crippen MR) is 90.6 cm³/mol. The van der Waals surface area contributed by atoms with E-state index in [0.717, 1.165) is 6.42 Å². The monoisotopic (exact) mass is 367 g/mol. The molecule has 1 aliphatic carbocycles. The van der Waals surface area contributed by atoms with E-state index in [4.69, 9.17) is 0 Å². The molecule has 0 amide bonds. The van der Waals surface area contributed by atoms with Gasteiger partial charge in [-0.3, -0.25) is 0 Å². The largest absolute Gasteiger partial charge is 0.316 e. The highest BCUT2D eigenvalue weighted by atomic mass is 79.9. The van der Waals surface area contributed by atoms with Gasteiger partial charge in [-0.2, -0.15) is 0 Å². The summed E-state index contributed by atoms with van der Waals surface area (Å²) >= 11 is 5.16. The van der Waals surface area contributed by atoms with Gasteiger partial charge in [0.2, 0.25) is 0 Å². The summed E-state index contributed by atoms with van der Waals surface area (Å²) in [5, 5.41) is 5.69. The SMILES string of the molecule is CNC(Cc1ccc(F)c(Br)c1)C1CCCc2sccc21.